The van der Waals surface area contributed by atoms with E-state index in [4.69, 9.17) is 4.74 Å². The highest BCUT2D eigenvalue weighted by molar-refractivity contribution is 7.86. The van der Waals surface area contributed by atoms with Crippen molar-refractivity contribution in [3.8, 4) is 0 Å². The maximum Gasteiger partial charge on any atom is 0.294 e. The van der Waals surface area contributed by atoms with Gasteiger partial charge in [0.15, 0.2) is 11.8 Å². The third-order valence-electron chi connectivity index (χ3n) is 7.79. The fourth-order valence-electron chi connectivity index (χ4n) is 5.19. The van der Waals surface area contributed by atoms with Gasteiger partial charge in [0.25, 0.3) is 20.2 Å². The molecular formula is C35H34N12O9S2. The first-order valence-electron chi connectivity index (χ1n) is 17.0. The number of morpholine rings is 1. The molecule has 4 aromatic carbocycles. The van der Waals surface area contributed by atoms with Crippen LogP contribution in [0, 0.1) is 0 Å². The van der Waals surface area contributed by atoms with Crippen molar-refractivity contribution >= 4 is 83.5 Å². The predicted molar refractivity (Wildman–Crippen MR) is 211 cm³/mol. The van der Waals surface area contributed by atoms with E-state index >= 15 is 0 Å². The van der Waals surface area contributed by atoms with Gasteiger partial charge in [-0.1, -0.05) is 24.3 Å². The number of azo groups is 2. The molecule has 1 aliphatic heterocycles. The van der Waals surface area contributed by atoms with Gasteiger partial charge in [-0.15, -0.1) is 20.5 Å². The third-order valence-corrected chi connectivity index (χ3v) is 9.49. The average molecular weight is 831 g/mol. The highest BCUT2D eigenvalue weighted by Gasteiger charge is 2.17. The molecule has 0 unspecified atom stereocenters. The SMILES string of the molecule is CC(O)=Nc1ccccc1N=Nc1cc(S(=O)(=O)O)ccc1N=c1nc(N2CCOCC2)[nH]c(=Nc2ccc(S(=O)(=O)O)cc2N=Nc2ccccc2N=C(C)O)[nH]1. The van der Waals surface area contributed by atoms with E-state index in [0.717, 1.165) is 24.3 Å². The molecule has 0 radical (unpaired) electrons. The van der Waals surface area contributed by atoms with Crippen LogP contribution in [0.1, 0.15) is 13.8 Å². The average Bonchev–Trinajstić information content (AvgIpc) is 3.17. The number of aliphatic imine (C=N–C) groups is 2. The standard InChI is InChI=1S/C35H34N12O9S2/c1-21(48)36-25-7-3-5-9-29(25)43-45-31-19-23(57(50,51)52)11-13-27(31)38-33-40-34(42-35(41-33)47-15-17-56-18-16-47)39-28-14-12-24(58(53,54)55)20-32(28)46-44-30-10-6-4-8-26(30)37-22(2)49/h3-14,19-20H,15-18H2,1-2H3,(H,36,48)(H,37,49)(H,50,51,52)(H,53,54,55)(H2,38,39,40,41,42). The zero-order valence-corrected chi connectivity index (χ0v) is 32.2. The van der Waals surface area contributed by atoms with E-state index in [-0.39, 0.29) is 74.5 Å². The van der Waals surface area contributed by atoms with E-state index in [2.05, 4.69) is 55.4 Å². The molecule has 1 saturated heterocycles. The Bertz CT molecular complexity index is 2660. The van der Waals surface area contributed by atoms with E-state index < -0.39 is 30.0 Å². The van der Waals surface area contributed by atoms with Crippen molar-refractivity contribution < 1.29 is 40.9 Å². The molecule has 1 aromatic heterocycles. The molecule has 0 amide bonds. The third kappa shape index (κ3) is 10.7. The zero-order chi connectivity index (χ0) is 41.5. The molecule has 5 aromatic rings. The van der Waals surface area contributed by atoms with Crippen LogP contribution in [-0.4, -0.2) is 89.2 Å². The number of anilines is 1. The summed E-state index contributed by atoms with van der Waals surface area (Å²) in [6, 6.07) is 19.9. The number of hydrogen-bond acceptors (Lipinski definition) is 15. The Balaban J connectivity index is 1.53. The molecule has 58 heavy (non-hydrogen) atoms. The molecule has 6 N–H and O–H groups in total. The molecule has 2 heterocycles. The fraction of sp³-hybridized carbons (Fsp3) is 0.171. The summed E-state index contributed by atoms with van der Waals surface area (Å²) in [7, 11) is -9.36. The van der Waals surface area contributed by atoms with Crippen LogP contribution in [0.2, 0.25) is 0 Å². The fourth-order valence-corrected chi connectivity index (χ4v) is 6.20. The lowest BCUT2D eigenvalue weighted by atomic mass is 10.2. The lowest BCUT2D eigenvalue weighted by molar-refractivity contribution is 0.122. The van der Waals surface area contributed by atoms with Gasteiger partial charge in [-0.25, -0.2) is 20.0 Å². The van der Waals surface area contributed by atoms with Crippen LogP contribution < -0.4 is 16.1 Å². The van der Waals surface area contributed by atoms with E-state index in [1.165, 1.54) is 26.0 Å². The molecular weight excluding hydrogens is 797 g/mol. The summed E-state index contributed by atoms with van der Waals surface area (Å²) in [6.45, 7) is 4.40. The number of benzene rings is 4. The van der Waals surface area contributed by atoms with Crippen LogP contribution in [0.4, 0.5) is 51.4 Å². The largest absolute Gasteiger partial charge is 0.497 e. The molecule has 0 aliphatic carbocycles. The van der Waals surface area contributed by atoms with Crippen molar-refractivity contribution in [2.75, 3.05) is 31.2 Å². The van der Waals surface area contributed by atoms with Crippen molar-refractivity contribution in [2.24, 2.45) is 40.4 Å². The Morgan fingerprint density at radius 3 is 1.53 bits per heavy atom. The van der Waals surface area contributed by atoms with Crippen LogP contribution in [-0.2, 0) is 25.0 Å². The summed E-state index contributed by atoms with van der Waals surface area (Å²) in [5, 5.41) is 36.3. The Morgan fingerprint density at radius 2 is 1.07 bits per heavy atom. The summed E-state index contributed by atoms with van der Waals surface area (Å²) < 4.78 is 73.6. The molecule has 21 nitrogen and oxygen atoms in total. The molecule has 23 heteroatoms. The quantitative estimate of drug-likeness (QED) is 0.0357. The normalized spacial score (nSPS) is 15.2. The van der Waals surface area contributed by atoms with E-state index in [1.807, 2.05) is 4.90 Å². The number of H-pyrrole nitrogens is 2. The zero-order valence-electron chi connectivity index (χ0n) is 30.5. The second kappa shape index (κ2) is 17.6. The van der Waals surface area contributed by atoms with Gasteiger partial charge in [0.1, 0.15) is 22.7 Å². The van der Waals surface area contributed by atoms with Gasteiger partial charge in [0.05, 0.1) is 45.8 Å². The number of nitrogens with zero attached hydrogens (tertiary/aromatic N) is 10. The van der Waals surface area contributed by atoms with E-state index in [9.17, 15) is 36.2 Å². The van der Waals surface area contributed by atoms with Crippen molar-refractivity contribution in [3.63, 3.8) is 0 Å². The van der Waals surface area contributed by atoms with E-state index in [0.29, 0.717) is 26.3 Å². The number of aliphatic hydroxyl groups excluding tert-OH is 2. The molecule has 1 fully saturated rings. The number of para-hydroxylation sites is 2. The highest BCUT2D eigenvalue weighted by atomic mass is 32.2. The topological polar surface area (TPSA) is 305 Å². The molecule has 0 spiro atoms. The summed E-state index contributed by atoms with van der Waals surface area (Å²) in [6.07, 6.45) is 0. The summed E-state index contributed by atoms with van der Waals surface area (Å²) in [4.78, 5) is 28.8. The summed E-state index contributed by atoms with van der Waals surface area (Å²) in [5.41, 5.74) is 0.872. The van der Waals surface area contributed by atoms with E-state index in [1.54, 1.807) is 48.5 Å². The first kappa shape index (κ1) is 40.9. The number of aliphatic hydroxyl groups is 2. The van der Waals surface area contributed by atoms with Gasteiger partial charge in [0, 0.05) is 26.9 Å². The molecule has 6 rings (SSSR count). The van der Waals surface area contributed by atoms with Crippen molar-refractivity contribution in [3.05, 3.63) is 96.2 Å². The Morgan fingerprint density at radius 1 is 0.621 bits per heavy atom. The second-order valence-electron chi connectivity index (χ2n) is 12.1. The Kier molecular flexibility index (Phi) is 12.4. The number of aromatic nitrogens is 3. The van der Waals surface area contributed by atoms with Crippen LogP contribution >= 0.6 is 0 Å². The minimum Gasteiger partial charge on any atom is -0.497 e. The Hall–Kier alpha value is -6.79. The van der Waals surface area contributed by atoms with Gasteiger partial charge >= 0.3 is 0 Å². The maximum atomic E-state index is 12.1. The maximum absolute atomic E-state index is 12.1. The number of ether oxygens (including phenoxy) is 1. The Labute approximate surface area is 329 Å². The van der Waals surface area contributed by atoms with Gasteiger partial charge in [-0.3, -0.25) is 19.1 Å². The van der Waals surface area contributed by atoms with Crippen molar-refractivity contribution in [1.29, 1.82) is 0 Å². The van der Waals surface area contributed by atoms with Crippen LogP contribution in [0.3, 0.4) is 0 Å². The minimum atomic E-state index is -4.68. The van der Waals surface area contributed by atoms with Crippen LogP contribution in [0.25, 0.3) is 0 Å². The van der Waals surface area contributed by atoms with Gasteiger partial charge in [-0.05, 0) is 60.7 Å². The molecule has 0 saturated carbocycles. The molecule has 0 atom stereocenters. The monoisotopic (exact) mass is 830 g/mol. The van der Waals surface area contributed by atoms with Gasteiger partial charge in [0.2, 0.25) is 17.2 Å². The van der Waals surface area contributed by atoms with Gasteiger partial charge in [-0.2, -0.15) is 21.8 Å². The number of aromatic amines is 2. The summed E-state index contributed by atoms with van der Waals surface area (Å²) in [5.74, 6) is -0.179. The first-order valence-corrected chi connectivity index (χ1v) is 19.9. The first-order chi connectivity index (χ1) is 27.6. The van der Waals surface area contributed by atoms with Crippen LogP contribution in [0.15, 0.2) is 135 Å². The molecule has 0 bridgehead atoms. The smallest absolute Gasteiger partial charge is 0.294 e. The van der Waals surface area contributed by atoms with Gasteiger partial charge < -0.3 is 19.8 Å². The summed E-state index contributed by atoms with van der Waals surface area (Å²) >= 11 is 0. The van der Waals surface area contributed by atoms with Crippen LogP contribution in [0.5, 0.6) is 0 Å². The number of hydrogen-bond donors (Lipinski definition) is 6. The number of rotatable bonds is 11. The lowest BCUT2D eigenvalue weighted by Crippen LogP contribution is -2.40. The number of nitrogens with one attached hydrogen (secondary N) is 2. The predicted octanol–water partition coefficient (Wildman–Crippen LogP) is 6.58. The lowest BCUT2D eigenvalue weighted by Gasteiger charge is -2.26. The van der Waals surface area contributed by atoms with Crippen molar-refractivity contribution in [1.82, 2.24) is 15.0 Å². The molecule has 1 aliphatic rings. The minimum absolute atomic E-state index is 0.0242. The highest BCUT2D eigenvalue weighted by Crippen LogP contribution is 2.36. The second-order valence-corrected chi connectivity index (χ2v) is 15.0. The van der Waals surface area contributed by atoms with Crippen molar-refractivity contribution in [2.45, 2.75) is 23.6 Å². The molecule has 300 valence electrons.